The van der Waals surface area contributed by atoms with Gasteiger partial charge in [-0.15, -0.1) is 0 Å². The molecule has 3 rings (SSSR count). The summed E-state index contributed by atoms with van der Waals surface area (Å²) in [4.78, 5) is 7.77. The zero-order valence-corrected chi connectivity index (χ0v) is 12.9. The lowest BCUT2D eigenvalue weighted by molar-refractivity contribution is 0.297. The van der Waals surface area contributed by atoms with Crippen molar-refractivity contribution in [1.29, 1.82) is 0 Å². The Morgan fingerprint density at radius 2 is 2.05 bits per heavy atom. The van der Waals surface area contributed by atoms with Gasteiger partial charge in [0.2, 0.25) is 0 Å². The summed E-state index contributed by atoms with van der Waals surface area (Å²) in [6.45, 7) is 7.68. The Morgan fingerprint density at radius 3 is 2.80 bits per heavy atom. The van der Waals surface area contributed by atoms with Crippen LogP contribution in [-0.2, 0) is 6.54 Å². The summed E-state index contributed by atoms with van der Waals surface area (Å²) in [7, 11) is 0. The molecule has 0 aliphatic rings. The summed E-state index contributed by atoms with van der Waals surface area (Å²) >= 11 is 5.51. The van der Waals surface area contributed by atoms with Gasteiger partial charge in [-0.25, -0.2) is 0 Å². The van der Waals surface area contributed by atoms with Crippen molar-refractivity contribution < 1.29 is 0 Å². The van der Waals surface area contributed by atoms with Gasteiger partial charge in [-0.2, -0.15) is 0 Å². The first-order valence-corrected chi connectivity index (χ1v) is 7.39. The molecule has 0 spiro atoms. The van der Waals surface area contributed by atoms with E-state index in [2.05, 4.69) is 47.4 Å². The second kappa shape index (κ2) is 4.70. The fourth-order valence-electron chi connectivity index (χ4n) is 2.48. The number of nitrogens with one attached hydrogen (secondary N) is 1. The highest BCUT2D eigenvalue weighted by molar-refractivity contribution is 7.71. The van der Waals surface area contributed by atoms with Crippen molar-refractivity contribution in [3.8, 4) is 0 Å². The SMILES string of the molecule is CCC(C)(C)Cn1c(=S)[nH]c2cnc3ccccc3c21. The number of imidazole rings is 1. The van der Waals surface area contributed by atoms with Crippen molar-refractivity contribution in [2.75, 3.05) is 0 Å². The van der Waals surface area contributed by atoms with Gasteiger partial charge < -0.3 is 9.55 Å². The highest BCUT2D eigenvalue weighted by Crippen LogP contribution is 2.28. The molecule has 0 aliphatic carbocycles. The van der Waals surface area contributed by atoms with Crippen LogP contribution in [0.15, 0.2) is 30.5 Å². The fourth-order valence-corrected chi connectivity index (χ4v) is 2.75. The Bertz CT molecular complexity index is 826. The lowest BCUT2D eigenvalue weighted by Crippen LogP contribution is -2.18. The van der Waals surface area contributed by atoms with E-state index in [1.165, 1.54) is 5.52 Å². The number of fused-ring (bicyclic) bond motifs is 3. The van der Waals surface area contributed by atoms with Crippen LogP contribution in [0.3, 0.4) is 0 Å². The number of rotatable bonds is 3. The summed E-state index contributed by atoms with van der Waals surface area (Å²) < 4.78 is 3.00. The van der Waals surface area contributed by atoms with Crippen LogP contribution in [0.25, 0.3) is 21.9 Å². The second-order valence-electron chi connectivity index (χ2n) is 6.07. The van der Waals surface area contributed by atoms with Gasteiger partial charge in [0.1, 0.15) is 0 Å². The molecule has 0 unspecified atom stereocenters. The first-order chi connectivity index (χ1) is 9.52. The number of benzene rings is 1. The van der Waals surface area contributed by atoms with Gasteiger partial charge in [-0.1, -0.05) is 39.0 Å². The van der Waals surface area contributed by atoms with E-state index in [1.807, 2.05) is 18.3 Å². The third-order valence-corrected chi connectivity index (χ3v) is 4.37. The van der Waals surface area contributed by atoms with Gasteiger partial charge >= 0.3 is 0 Å². The van der Waals surface area contributed by atoms with E-state index in [0.29, 0.717) is 0 Å². The van der Waals surface area contributed by atoms with Crippen molar-refractivity contribution in [2.45, 2.75) is 33.7 Å². The van der Waals surface area contributed by atoms with Crippen LogP contribution in [0.4, 0.5) is 0 Å². The summed E-state index contributed by atoms with van der Waals surface area (Å²) in [5.74, 6) is 0. The van der Waals surface area contributed by atoms with E-state index in [9.17, 15) is 0 Å². The van der Waals surface area contributed by atoms with Crippen LogP contribution in [0.5, 0.6) is 0 Å². The fraction of sp³-hybridized carbons (Fsp3) is 0.375. The number of pyridine rings is 1. The molecule has 20 heavy (non-hydrogen) atoms. The van der Waals surface area contributed by atoms with Crippen LogP contribution in [-0.4, -0.2) is 14.5 Å². The Kier molecular flexibility index (Phi) is 3.13. The van der Waals surface area contributed by atoms with Crippen molar-refractivity contribution in [2.24, 2.45) is 5.41 Å². The van der Waals surface area contributed by atoms with Gasteiger partial charge in [0, 0.05) is 11.9 Å². The molecule has 4 heteroatoms. The Labute approximate surface area is 123 Å². The number of hydrogen-bond acceptors (Lipinski definition) is 2. The number of hydrogen-bond donors (Lipinski definition) is 1. The maximum Gasteiger partial charge on any atom is 0.178 e. The second-order valence-corrected chi connectivity index (χ2v) is 6.46. The smallest absolute Gasteiger partial charge is 0.178 e. The monoisotopic (exact) mass is 285 g/mol. The lowest BCUT2D eigenvalue weighted by Gasteiger charge is -2.23. The van der Waals surface area contributed by atoms with Crippen LogP contribution in [0.2, 0.25) is 0 Å². The first-order valence-electron chi connectivity index (χ1n) is 6.98. The average molecular weight is 285 g/mol. The molecule has 1 aromatic carbocycles. The van der Waals surface area contributed by atoms with Gasteiger partial charge in [0.25, 0.3) is 0 Å². The molecule has 0 saturated heterocycles. The van der Waals surface area contributed by atoms with Crippen molar-refractivity contribution in [3.05, 3.63) is 35.2 Å². The Hall–Kier alpha value is -1.68. The third-order valence-electron chi connectivity index (χ3n) is 4.05. The molecule has 0 aliphatic heterocycles. The standard InChI is InChI=1S/C16H19N3S/c1-4-16(2,3)10-19-14-11-7-5-6-8-12(11)17-9-13(14)18-15(19)20/h5-9H,4,10H2,1-3H3,(H,18,20). The molecule has 2 heterocycles. The molecule has 3 nitrogen and oxygen atoms in total. The average Bonchev–Trinajstić information content (AvgIpc) is 2.75. The van der Waals surface area contributed by atoms with E-state index in [0.717, 1.165) is 34.2 Å². The molecule has 3 aromatic rings. The molecule has 0 amide bonds. The predicted octanol–water partition coefficient (Wildman–Crippen LogP) is 4.68. The molecule has 0 bridgehead atoms. The molecule has 0 fully saturated rings. The van der Waals surface area contributed by atoms with E-state index in [1.54, 1.807) is 0 Å². The summed E-state index contributed by atoms with van der Waals surface area (Å²) in [5, 5.41) is 1.16. The van der Waals surface area contributed by atoms with Gasteiger partial charge in [0.15, 0.2) is 4.77 Å². The molecular formula is C16H19N3S. The number of H-pyrrole nitrogens is 1. The highest BCUT2D eigenvalue weighted by Gasteiger charge is 2.19. The predicted molar refractivity (Wildman–Crippen MR) is 86.5 cm³/mol. The van der Waals surface area contributed by atoms with E-state index < -0.39 is 0 Å². The molecular weight excluding hydrogens is 266 g/mol. The minimum absolute atomic E-state index is 0.220. The Morgan fingerprint density at radius 1 is 1.30 bits per heavy atom. The third kappa shape index (κ3) is 2.14. The van der Waals surface area contributed by atoms with Crippen LogP contribution >= 0.6 is 12.2 Å². The minimum atomic E-state index is 0.220. The normalized spacial score (nSPS) is 12.3. The summed E-state index contributed by atoms with van der Waals surface area (Å²) in [6, 6.07) is 8.22. The quantitative estimate of drug-likeness (QED) is 0.709. The van der Waals surface area contributed by atoms with E-state index in [-0.39, 0.29) is 5.41 Å². The molecule has 0 saturated carbocycles. The van der Waals surface area contributed by atoms with Crippen LogP contribution in [0.1, 0.15) is 27.2 Å². The molecule has 1 N–H and O–H groups in total. The minimum Gasteiger partial charge on any atom is -0.329 e. The maximum absolute atomic E-state index is 5.51. The largest absolute Gasteiger partial charge is 0.329 e. The number of aromatic amines is 1. The van der Waals surface area contributed by atoms with Gasteiger partial charge in [-0.3, -0.25) is 4.98 Å². The van der Waals surface area contributed by atoms with Crippen molar-refractivity contribution in [3.63, 3.8) is 0 Å². The van der Waals surface area contributed by atoms with Gasteiger partial charge in [-0.05, 0) is 30.1 Å². The number of aromatic nitrogens is 3. The highest BCUT2D eigenvalue weighted by atomic mass is 32.1. The topological polar surface area (TPSA) is 33.6 Å². The van der Waals surface area contributed by atoms with Crippen molar-refractivity contribution in [1.82, 2.24) is 14.5 Å². The van der Waals surface area contributed by atoms with Crippen molar-refractivity contribution >= 4 is 34.2 Å². The van der Waals surface area contributed by atoms with Gasteiger partial charge in [0.05, 0.1) is 22.7 Å². The summed E-state index contributed by atoms with van der Waals surface area (Å²) in [6.07, 6.45) is 2.99. The number of para-hydroxylation sites is 1. The van der Waals surface area contributed by atoms with E-state index >= 15 is 0 Å². The zero-order valence-electron chi connectivity index (χ0n) is 12.1. The molecule has 104 valence electrons. The Balaban J connectivity index is 2.33. The molecule has 0 atom stereocenters. The van der Waals surface area contributed by atoms with Crippen LogP contribution < -0.4 is 0 Å². The zero-order chi connectivity index (χ0) is 14.3. The number of nitrogens with zero attached hydrogens (tertiary/aromatic N) is 2. The lowest BCUT2D eigenvalue weighted by atomic mass is 9.90. The molecule has 0 radical (unpaired) electrons. The van der Waals surface area contributed by atoms with Crippen LogP contribution in [0, 0.1) is 10.2 Å². The van der Waals surface area contributed by atoms with E-state index in [4.69, 9.17) is 12.2 Å². The maximum atomic E-state index is 5.51. The first kappa shape index (κ1) is 13.3. The molecule has 2 aromatic heterocycles. The summed E-state index contributed by atoms with van der Waals surface area (Å²) in [5.41, 5.74) is 3.41.